The van der Waals surface area contributed by atoms with E-state index in [1.165, 1.54) is 21.1 Å². The first kappa shape index (κ1) is 28.0. The molecule has 9 nitrogen and oxygen atoms in total. The van der Waals surface area contributed by atoms with Gasteiger partial charge in [-0.1, -0.05) is 53.5 Å². The van der Waals surface area contributed by atoms with Crippen LogP contribution in [0.25, 0.3) is 0 Å². The number of hydrogen-bond donors (Lipinski definition) is 2. The van der Waals surface area contributed by atoms with Crippen molar-refractivity contribution in [2.45, 2.75) is 12.1 Å². The molecule has 5 rings (SSSR count). The van der Waals surface area contributed by atoms with Gasteiger partial charge in [0.25, 0.3) is 5.91 Å². The van der Waals surface area contributed by atoms with Crippen LogP contribution < -0.4 is 9.62 Å². The topological polar surface area (TPSA) is 108 Å². The molecule has 0 bridgehead atoms. The van der Waals surface area contributed by atoms with Gasteiger partial charge in [-0.2, -0.15) is 4.98 Å². The van der Waals surface area contributed by atoms with Gasteiger partial charge in [-0.05, 0) is 53.6 Å². The van der Waals surface area contributed by atoms with Crippen molar-refractivity contribution in [3.05, 3.63) is 106 Å². The van der Waals surface area contributed by atoms with E-state index in [9.17, 15) is 18.3 Å². The van der Waals surface area contributed by atoms with Gasteiger partial charge in [0.05, 0.1) is 30.2 Å². The number of likely N-dealkylation sites (tertiary alicyclic amines) is 1. The smallest absolute Gasteiger partial charge is 0.258 e. The van der Waals surface area contributed by atoms with Crippen molar-refractivity contribution in [3.63, 3.8) is 0 Å². The lowest BCUT2D eigenvalue weighted by Crippen LogP contribution is -2.61. The zero-order chi connectivity index (χ0) is 28.6. The fourth-order valence-electron chi connectivity index (χ4n) is 4.95. The number of hydrogen-bond acceptors (Lipinski definition) is 6. The number of nitrogens with zero attached hydrogens (tertiary/aromatic N) is 4. The normalized spacial score (nSPS) is 14.2. The third-order valence-electron chi connectivity index (χ3n) is 6.77. The van der Waals surface area contributed by atoms with E-state index in [1.54, 1.807) is 25.2 Å². The Morgan fingerprint density at radius 1 is 1.02 bits per heavy atom. The molecule has 0 saturated carbocycles. The van der Waals surface area contributed by atoms with Crippen molar-refractivity contribution in [3.8, 4) is 5.88 Å². The first-order valence-corrected chi connectivity index (χ1v) is 15.0. The fourth-order valence-corrected chi connectivity index (χ4v) is 6.37. The minimum Gasteiger partial charge on any atom is -0.492 e. The number of carbonyl (C=O) groups excluding carboxylic acids is 1. The quantitative estimate of drug-likeness (QED) is 0.297. The molecular formula is C28H27Cl2N5O4S. The van der Waals surface area contributed by atoms with Gasteiger partial charge < -0.3 is 9.67 Å². The molecule has 0 spiro atoms. The Labute approximate surface area is 242 Å². The van der Waals surface area contributed by atoms with Crippen LogP contribution in [0.1, 0.15) is 27.5 Å². The van der Waals surface area contributed by atoms with Crippen LogP contribution in [0.2, 0.25) is 10.0 Å². The molecule has 1 aliphatic rings. The monoisotopic (exact) mass is 599 g/mol. The Morgan fingerprint density at radius 3 is 2.10 bits per heavy atom. The summed E-state index contributed by atoms with van der Waals surface area (Å²) in [6.07, 6.45) is 2.52. The Balaban J connectivity index is 1.39. The summed E-state index contributed by atoms with van der Waals surface area (Å²) < 4.78 is 28.9. The minimum absolute atomic E-state index is 0.126. The van der Waals surface area contributed by atoms with E-state index in [2.05, 4.69) is 15.2 Å². The number of aryl methyl sites for hydroxylation is 1. The molecule has 0 radical (unpaired) electrons. The van der Waals surface area contributed by atoms with Gasteiger partial charge in [0.15, 0.2) is 0 Å². The highest BCUT2D eigenvalue weighted by Crippen LogP contribution is 2.36. The maximum atomic E-state index is 13.0. The lowest BCUT2D eigenvalue weighted by Gasteiger charge is -2.48. The molecule has 1 aromatic heterocycles. The van der Waals surface area contributed by atoms with Gasteiger partial charge in [-0.15, -0.1) is 0 Å². The Kier molecular flexibility index (Phi) is 7.78. The molecule has 1 fully saturated rings. The van der Waals surface area contributed by atoms with Gasteiger partial charge in [0.1, 0.15) is 0 Å². The van der Waals surface area contributed by atoms with E-state index in [0.717, 1.165) is 17.4 Å². The predicted octanol–water partition coefficient (Wildman–Crippen LogP) is 4.92. The molecule has 40 heavy (non-hydrogen) atoms. The highest BCUT2D eigenvalue weighted by Gasteiger charge is 2.40. The number of aromatic nitrogens is 2. The standard InChI is InChI=1S/C28H27Cl2N5O4S/c1-33-17-25(36)31-28(33)32-27(37)20-4-3-5-23(14-20)35(40(2,38)39)24-15-34(16-24)26(18-6-10-21(29)11-7-18)19-8-12-22(30)13-9-19/h3-14,17,24,26,36H,15-16H2,1-2H3,(H,31,32,37). The van der Waals surface area contributed by atoms with Crippen LogP contribution in [0.5, 0.6) is 5.88 Å². The molecule has 4 aromatic rings. The van der Waals surface area contributed by atoms with E-state index in [4.69, 9.17) is 23.2 Å². The van der Waals surface area contributed by atoms with E-state index in [-0.39, 0.29) is 29.5 Å². The first-order chi connectivity index (χ1) is 19.0. The largest absolute Gasteiger partial charge is 0.492 e. The average Bonchev–Trinajstić information content (AvgIpc) is 3.20. The molecule has 0 unspecified atom stereocenters. The van der Waals surface area contributed by atoms with E-state index in [0.29, 0.717) is 28.8 Å². The van der Waals surface area contributed by atoms with Crippen molar-refractivity contribution in [1.82, 2.24) is 14.5 Å². The van der Waals surface area contributed by atoms with Crippen LogP contribution >= 0.6 is 23.2 Å². The summed E-state index contributed by atoms with van der Waals surface area (Å²) in [6, 6.07) is 21.2. The Bertz CT molecular complexity index is 1590. The van der Waals surface area contributed by atoms with Crippen LogP contribution in [-0.2, 0) is 17.1 Å². The predicted molar refractivity (Wildman–Crippen MR) is 157 cm³/mol. The first-order valence-electron chi connectivity index (χ1n) is 12.4. The summed E-state index contributed by atoms with van der Waals surface area (Å²) in [5.41, 5.74) is 2.69. The second-order valence-corrected chi connectivity index (χ2v) is 12.4. The minimum atomic E-state index is -3.68. The van der Waals surface area contributed by atoms with Crippen molar-refractivity contribution in [2.24, 2.45) is 7.05 Å². The van der Waals surface area contributed by atoms with Crippen LogP contribution in [0.4, 0.5) is 11.6 Å². The second kappa shape index (κ2) is 11.1. The molecule has 1 saturated heterocycles. The number of rotatable bonds is 8. The number of benzene rings is 3. The molecule has 1 aliphatic heterocycles. The average molecular weight is 601 g/mol. The number of halogens is 2. The second-order valence-electron chi connectivity index (χ2n) is 9.71. The molecule has 2 heterocycles. The van der Waals surface area contributed by atoms with Gasteiger partial charge in [0.2, 0.25) is 21.9 Å². The van der Waals surface area contributed by atoms with Crippen LogP contribution in [-0.4, -0.2) is 59.3 Å². The summed E-state index contributed by atoms with van der Waals surface area (Å²) in [6.45, 7) is 0.928. The molecule has 12 heteroatoms. The van der Waals surface area contributed by atoms with Gasteiger partial charge in [-0.3, -0.25) is 19.3 Å². The van der Waals surface area contributed by atoms with Crippen molar-refractivity contribution < 1.29 is 18.3 Å². The highest BCUT2D eigenvalue weighted by molar-refractivity contribution is 7.92. The van der Waals surface area contributed by atoms with Crippen molar-refractivity contribution >= 4 is 50.8 Å². The number of aromatic hydroxyl groups is 1. The maximum absolute atomic E-state index is 13.0. The molecule has 0 atom stereocenters. The fraction of sp³-hybridized carbons (Fsp3) is 0.214. The maximum Gasteiger partial charge on any atom is 0.258 e. The van der Waals surface area contributed by atoms with Gasteiger partial charge in [-0.25, -0.2) is 8.42 Å². The van der Waals surface area contributed by atoms with Crippen LogP contribution in [0, 0.1) is 0 Å². The molecule has 2 N–H and O–H groups in total. The third-order valence-corrected chi connectivity index (χ3v) is 8.50. The summed E-state index contributed by atoms with van der Waals surface area (Å²) >= 11 is 12.3. The number of carbonyl (C=O) groups is 1. The summed E-state index contributed by atoms with van der Waals surface area (Å²) in [5, 5.41) is 13.5. The zero-order valence-electron chi connectivity index (χ0n) is 21.7. The van der Waals surface area contributed by atoms with E-state index < -0.39 is 15.9 Å². The van der Waals surface area contributed by atoms with Gasteiger partial charge >= 0.3 is 0 Å². The van der Waals surface area contributed by atoms with E-state index >= 15 is 0 Å². The molecule has 1 amide bonds. The number of anilines is 2. The lowest BCUT2D eigenvalue weighted by atomic mass is 9.93. The lowest BCUT2D eigenvalue weighted by molar-refractivity contribution is 0.102. The Morgan fingerprint density at radius 2 is 1.60 bits per heavy atom. The summed E-state index contributed by atoms with van der Waals surface area (Å²) in [7, 11) is -2.05. The van der Waals surface area contributed by atoms with Crippen LogP contribution in [0.3, 0.4) is 0 Å². The summed E-state index contributed by atoms with van der Waals surface area (Å²) in [4.78, 5) is 19.0. The zero-order valence-corrected chi connectivity index (χ0v) is 24.0. The Hall–Kier alpha value is -3.57. The third kappa shape index (κ3) is 5.95. The summed E-state index contributed by atoms with van der Waals surface area (Å²) in [5.74, 6) is -0.539. The van der Waals surface area contributed by atoms with Gasteiger partial charge in [0, 0.05) is 35.7 Å². The van der Waals surface area contributed by atoms with E-state index in [1.807, 2.05) is 48.5 Å². The van der Waals surface area contributed by atoms with Crippen molar-refractivity contribution in [1.29, 1.82) is 0 Å². The van der Waals surface area contributed by atoms with Crippen LogP contribution in [0.15, 0.2) is 79.0 Å². The number of sulfonamides is 1. The van der Waals surface area contributed by atoms with Crippen molar-refractivity contribution in [2.75, 3.05) is 29.0 Å². The SMILES string of the molecule is Cn1cc(O)nc1NC(=O)c1cccc(N(C2CN(C(c3ccc(Cl)cc3)c3ccc(Cl)cc3)C2)S(C)(=O)=O)c1. The molecule has 3 aromatic carbocycles. The molecule has 0 aliphatic carbocycles. The highest BCUT2D eigenvalue weighted by atomic mass is 35.5. The molecule has 208 valence electrons. The number of amides is 1. The number of imidazole rings is 1. The number of nitrogens with one attached hydrogen (secondary N) is 1. The molecular weight excluding hydrogens is 573 g/mol.